The number of nitrogen functional groups attached to an aromatic ring is 1. The lowest BCUT2D eigenvalue weighted by Crippen LogP contribution is -2.05. The van der Waals surface area contributed by atoms with E-state index in [4.69, 9.17) is 5.73 Å². The standard InChI is InChI=1S/C21H23N3O/c1-2-3-4-13-20(25)15-9-5-8-12-19(15)24-21-16-10-6-7-11-18(16)23-14-17(21)22/h5-12,14H,2-4,13,22H2,1H3,(H,23,24). The maximum atomic E-state index is 12.6. The summed E-state index contributed by atoms with van der Waals surface area (Å²) in [6, 6.07) is 15.4. The number of nitrogens with two attached hydrogens (primary N) is 1. The molecule has 1 aromatic heterocycles. The van der Waals surface area contributed by atoms with Gasteiger partial charge >= 0.3 is 0 Å². The molecule has 0 bridgehead atoms. The van der Waals surface area contributed by atoms with Crippen LogP contribution >= 0.6 is 0 Å². The molecule has 3 rings (SSSR count). The number of ketones is 1. The monoisotopic (exact) mass is 333 g/mol. The van der Waals surface area contributed by atoms with E-state index >= 15 is 0 Å². The summed E-state index contributed by atoms with van der Waals surface area (Å²) >= 11 is 0. The first-order valence-corrected chi connectivity index (χ1v) is 8.73. The van der Waals surface area contributed by atoms with Gasteiger partial charge in [-0.05, 0) is 24.6 Å². The van der Waals surface area contributed by atoms with Crippen molar-refractivity contribution in [3.63, 3.8) is 0 Å². The predicted octanol–water partition coefficient (Wildman–Crippen LogP) is 5.32. The van der Waals surface area contributed by atoms with Gasteiger partial charge in [0.2, 0.25) is 0 Å². The Kier molecular flexibility index (Phi) is 5.29. The second-order valence-electron chi connectivity index (χ2n) is 6.16. The average molecular weight is 333 g/mol. The van der Waals surface area contributed by atoms with Crippen LogP contribution in [0.5, 0.6) is 0 Å². The second kappa shape index (κ2) is 7.79. The molecule has 0 aliphatic heterocycles. The third kappa shape index (κ3) is 3.79. The van der Waals surface area contributed by atoms with Crippen LogP contribution in [0.3, 0.4) is 0 Å². The summed E-state index contributed by atoms with van der Waals surface area (Å²) in [5.74, 6) is 0.161. The minimum atomic E-state index is 0.161. The molecule has 0 saturated carbocycles. The molecule has 0 saturated heterocycles. The van der Waals surface area contributed by atoms with Crippen LogP contribution < -0.4 is 11.1 Å². The van der Waals surface area contributed by atoms with E-state index in [0.29, 0.717) is 17.7 Å². The number of carbonyl (C=O) groups excluding carboxylic acids is 1. The molecule has 0 aliphatic carbocycles. The number of hydrogen-bond acceptors (Lipinski definition) is 4. The quantitative estimate of drug-likeness (QED) is 0.453. The van der Waals surface area contributed by atoms with E-state index in [1.807, 2.05) is 48.5 Å². The number of unbranched alkanes of at least 4 members (excludes halogenated alkanes) is 2. The van der Waals surface area contributed by atoms with Gasteiger partial charge in [-0.3, -0.25) is 9.78 Å². The number of fused-ring (bicyclic) bond motifs is 1. The van der Waals surface area contributed by atoms with Gasteiger partial charge in [-0.2, -0.15) is 0 Å². The molecule has 0 fully saturated rings. The van der Waals surface area contributed by atoms with E-state index in [0.717, 1.165) is 41.5 Å². The minimum Gasteiger partial charge on any atom is -0.396 e. The molecular formula is C21H23N3O. The number of rotatable bonds is 7. The van der Waals surface area contributed by atoms with Crippen molar-refractivity contribution in [2.45, 2.75) is 32.6 Å². The Bertz CT molecular complexity index is 889. The van der Waals surface area contributed by atoms with Crippen molar-refractivity contribution in [3.05, 3.63) is 60.3 Å². The topological polar surface area (TPSA) is 68.0 Å². The van der Waals surface area contributed by atoms with Gasteiger partial charge in [0.15, 0.2) is 5.78 Å². The zero-order chi connectivity index (χ0) is 17.6. The summed E-state index contributed by atoms with van der Waals surface area (Å²) in [4.78, 5) is 17.0. The lowest BCUT2D eigenvalue weighted by molar-refractivity contribution is 0.0980. The molecule has 0 atom stereocenters. The Balaban J connectivity index is 1.94. The predicted molar refractivity (Wildman–Crippen MR) is 104 cm³/mol. The molecular weight excluding hydrogens is 310 g/mol. The number of aromatic nitrogens is 1. The largest absolute Gasteiger partial charge is 0.396 e. The summed E-state index contributed by atoms with van der Waals surface area (Å²) in [5.41, 5.74) is 9.86. The lowest BCUT2D eigenvalue weighted by atomic mass is 10.0. The number of anilines is 3. The van der Waals surface area contributed by atoms with Crippen molar-refractivity contribution in [2.24, 2.45) is 0 Å². The molecule has 3 N–H and O–H groups in total. The summed E-state index contributed by atoms with van der Waals surface area (Å²) < 4.78 is 0. The van der Waals surface area contributed by atoms with Crippen molar-refractivity contribution in [3.8, 4) is 0 Å². The first kappa shape index (κ1) is 17.0. The van der Waals surface area contributed by atoms with Crippen LogP contribution in [0.25, 0.3) is 10.9 Å². The van der Waals surface area contributed by atoms with Crippen LogP contribution in [0.15, 0.2) is 54.7 Å². The van der Waals surface area contributed by atoms with E-state index in [1.165, 1.54) is 0 Å². The molecule has 0 radical (unpaired) electrons. The van der Waals surface area contributed by atoms with Gasteiger partial charge in [-0.1, -0.05) is 50.1 Å². The number of hydrogen-bond donors (Lipinski definition) is 2. The van der Waals surface area contributed by atoms with E-state index in [-0.39, 0.29) is 5.78 Å². The SMILES string of the molecule is CCCCCC(=O)c1ccccc1Nc1c(N)cnc2ccccc12. The lowest BCUT2D eigenvalue weighted by Gasteiger charge is -2.15. The van der Waals surface area contributed by atoms with Crippen molar-refractivity contribution < 1.29 is 4.79 Å². The van der Waals surface area contributed by atoms with Crippen molar-refractivity contribution in [2.75, 3.05) is 11.1 Å². The van der Waals surface area contributed by atoms with Gasteiger partial charge in [0.25, 0.3) is 0 Å². The number of benzene rings is 2. The molecule has 3 aromatic rings. The molecule has 128 valence electrons. The van der Waals surface area contributed by atoms with E-state index in [2.05, 4.69) is 17.2 Å². The van der Waals surface area contributed by atoms with Gasteiger partial charge in [0, 0.05) is 23.1 Å². The van der Waals surface area contributed by atoms with Gasteiger partial charge in [0.1, 0.15) is 0 Å². The molecule has 0 spiro atoms. The highest BCUT2D eigenvalue weighted by molar-refractivity contribution is 6.04. The number of carbonyl (C=O) groups is 1. The maximum absolute atomic E-state index is 12.6. The number of para-hydroxylation sites is 2. The molecule has 0 amide bonds. The van der Waals surface area contributed by atoms with Crippen LogP contribution in [0.1, 0.15) is 43.0 Å². The molecule has 4 heteroatoms. The van der Waals surface area contributed by atoms with Gasteiger partial charge < -0.3 is 11.1 Å². The zero-order valence-electron chi connectivity index (χ0n) is 14.5. The summed E-state index contributed by atoms with van der Waals surface area (Å²) in [6.45, 7) is 2.14. The molecule has 0 aliphatic rings. The normalized spacial score (nSPS) is 10.8. The second-order valence-corrected chi connectivity index (χ2v) is 6.16. The Labute approximate surface area is 148 Å². The molecule has 0 unspecified atom stereocenters. The molecule has 2 aromatic carbocycles. The summed E-state index contributed by atoms with van der Waals surface area (Å²) in [6.07, 6.45) is 5.31. The average Bonchev–Trinajstić information content (AvgIpc) is 2.64. The maximum Gasteiger partial charge on any atom is 0.164 e. The minimum absolute atomic E-state index is 0.161. The smallest absolute Gasteiger partial charge is 0.164 e. The third-order valence-corrected chi connectivity index (χ3v) is 4.30. The van der Waals surface area contributed by atoms with Crippen LogP contribution in [-0.2, 0) is 0 Å². The van der Waals surface area contributed by atoms with Crippen LogP contribution in [0, 0.1) is 0 Å². The number of Topliss-reactive ketones (excluding diaryl/α,β-unsaturated/α-hetero) is 1. The van der Waals surface area contributed by atoms with Crippen molar-refractivity contribution >= 4 is 33.7 Å². The highest BCUT2D eigenvalue weighted by Gasteiger charge is 2.13. The van der Waals surface area contributed by atoms with Crippen LogP contribution in [-0.4, -0.2) is 10.8 Å². The highest BCUT2D eigenvalue weighted by atomic mass is 16.1. The fourth-order valence-corrected chi connectivity index (χ4v) is 2.94. The van der Waals surface area contributed by atoms with Crippen LogP contribution in [0.4, 0.5) is 17.1 Å². The molecule has 4 nitrogen and oxygen atoms in total. The Morgan fingerprint density at radius 2 is 1.84 bits per heavy atom. The fraction of sp³-hybridized carbons (Fsp3) is 0.238. The first-order chi connectivity index (χ1) is 12.2. The van der Waals surface area contributed by atoms with Crippen molar-refractivity contribution in [1.29, 1.82) is 0 Å². The summed E-state index contributed by atoms with van der Waals surface area (Å²) in [5, 5.41) is 4.31. The Morgan fingerprint density at radius 3 is 2.68 bits per heavy atom. The Hall–Kier alpha value is -2.88. The summed E-state index contributed by atoms with van der Waals surface area (Å²) in [7, 11) is 0. The fourth-order valence-electron chi connectivity index (χ4n) is 2.94. The molecule has 25 heavy (non-hydrogen) atoms. The van der Waals surface area contributed by atoms with E-state index in [9.17, 15) is 4.79 Å². The van der Waals surface area contributed by atoms with E-state index < -0.39 is 0 Å². The van der Waals surface area contributed by atoms with Gasteiger partial charge in [-0.25, -0.2) is 0 Å². The van der Waals surface area contributed by atoms with Crippen molar-refractivity contribution in [1.82, 2.24) is 4.98 Å². The van der Waals surface area contributed by atoms with Gasteiger partial charge in [0.05, 0.1) is 23.1 Å². The number of nitrogens with zero attached hydrogens (tertiary/aromatic N) is 1. The van der Waals surface area contributed by atoms with Crippen LogP contribution in [0.2, 0.25) is 0 Å². The number of pyridine rings is 1. The number of nitrogens with one attached hydrogen (secondary N) is 1. The Morgan fingerprint density at radius 1 is 1.08 bits per heavy atom. The van der Waals surface area contributed by atoms with Gasteiger partial charge in [-0.15, -0.1) is 0 Å². The first-order valence-electron chi connectivity index (χ1n) is 8.73. The van der Waals surface area contributed by atoms with E-state index in [1.54, 1.807) is 6.20 Å². The highest BCUT2D eigenvalue weighted by Crippen LogP contribution is 2.32. The third-order valence-electron chi connectivity index (χ3n) is 4.30. The molecule has 1 heterocycles. The zero-order valence-corrected chi connectivity index (χ0v) is 14.5.